The Morgan fingerprint density at radius 1 is 1.42 bits per heavy atom. The van der Waals surface area contributed by atoms with Crippen LogP contribution in [0.4, 0.5) is 0 Å². The predicted molar refractivity (Wildman–Crippen MR) is 73.9 cm³/mol. The van der Waals surface area contributed by atoms with Crippen molar-refractivity contribution in [3.05, 3.63) is 35.7 Å². The molecule has 19 heavy (non-hydrogen) atoms. The second-order valence-corrected chi connectivity index (χ2v) is 4.75. The molecule has 2 heterocycles. The van der Waals surface area contributed by atoms with Gasteiger partial charge < -0.3 is 14.4 Å². The fourth-order valence-electron chi connectivity index (χ4n) is 2.25. The summed E-state index contributed by atoms with van der Waals surface area (Å²) >= 11 is 0. The Hall–Kier alpha value is -1.62. The molecule has 0 aliphatic rings. The Labute approximate surface area is 114 Å². The Kier molecular flexibility index (Phi) is 4.74. The minimum absolute atomic E-state index is 0.431. The number of nitrogens with one attached hydrogen (secondary N) is 1. The van der Waals surface area contributed by atoms with Crippen LogP contribution in [0.25, 0.3) is 0 Å². The van der Waals surface area contributed by atoms with Crippen molar-refractivity contribution in [1.29, 1.82) is 0 Å². The fraction of sp³-hybridized carbons (Fsp3) is 0.571. The normalized spacial score (nSPS) is 12.8. The highest BCUT2D eigenvalue weighted by atomic mass is 16.5. The third kappa shape index (κ3) is 3.67. The molecule has 5 nitrogen and oxygen atoms in total. The van der Waals surface area contributed by atoms with Crippen molar-refractivity contribution in [1.82, 2.24) is 20.0 Å². The first-order chi connectivity index (χ1) is 9.22. The molecular weight excluding hydrogens is 240 g/mol. The van der Waals surface area contributed by atoms with Crippen LogP contribution in [-0.2, 0) is 6.54 Å². The average molecular weight is 262 g/mol. The van der Waals surface area contributed by atoms with Gasteiger partial charge in [-0.15, -0.1) is 0 Å². The van der Waals surface area contributed by atoms with Crippen molar-refractivity contribution in [3.8, 4) is 0 Å². The molecule has 104 valence electrons. The van der Waals surface area contributed by atoms with E-state index in [0.29, 0.717) is 24.3 Å². The summed E-state index contributed by atoms with van der Waals surface area (Å²) in [7, 11) is 0. The van der Waals surface area contributed by atoms with Crippen LogP contribution in [0.2, 0.25) is 0 Å². The van der Waals surface area contributed by atoms with E-state index >= 15 is 0 Å². The van der Waals surface area contributed by atoms with Gasteiger partial charge in [-0.2, -0.15) is 4.98 Å². The van der Waals surface area contributed by atoms with Crippen molar-refractivity contribution >= 4 is 0 Å². The zero-order chi connectivity index (χ0) is 13.7. The van der Waals surface area contributed by atoms with Crippen LogP contribution >= 0.6 is 0 Å². The van der Waals surface area contributed by atoms with E-state index in [1.807, 2.05) is 6.92 Å². The monoisotopic (exact) mass is 262 g/mol. The fourth-order valence-corrected chi connectivity index (χ4v) is 2.25. The van der Waals surface area contributed by atoms with Crippen LogP contribution in [0.15, 0.2) is 23.0 Å². The Balaban J connectivity index is 2.04. The maximum absolute atomic E-state index is 5.14. The van der Waals surface area contributed by atoms with Gasteiger partial charge in [-0.25, -0.2) is 0 Å². The molecule has 0 saturated heterocycles. The number of hydrogen-bond donors (Lipinski definition) is 1. The maximum atomic E-state index is 5.14. The van der Waals surface area contributed by atoms with Crippen molar-refractivity contribution in [2.45, 2.75) is 46.2 Å². The molecule has 0 fully saturated rings. The molecule has 0 saturated carbocycles. The minimum atomic E-state index is 0.431. The first-order valence-corrected chi connectivity index (χ1v) is 6.91. The Morgan fingerprint density at radius 3 is 2.89 bits per heavy atom. The lowest BCUT2D eigenvalue weighted by molar-refractivity contribution is 0.367. The first-order valence-electron chi connectivity index (χ1n) is 6.91. The molecule has 0 aromatic carbocycles. The second kappa shape index (κ2) is 6.52. The summed E-state index contributed by atoms with van der Waals surface area (Å²) in [4.78, 5) is 4.22. The van der Waals surface area contributed by atoms with Gasteiger partial charge in [0.2, 0.25) is 5.89 Å². The van der Waals surface area contributed by atoms with Gasteiger partial charge in [-0.3, -0.25) is 0 Å². The van der Waals surface area contributed by atoms with Crippen molar-refractivity contribution in [3.63, 3.8) is 0 Å². The van der Waals surface area contributed by atoms with E-state index < -0.39 is 0 Å². The van der Waals surface area contributed by atoms with Gasteiger partial charge in [0.25, 0.3) is 0 Å². The third-order valence-electron chi connectivity index (χ3n) is 3.09. The van der Waals surface area contributed by atoms with Crippen LogP contribution in [-0.4, -0.2) is 21.3 Å². The smallest absolute Gasteiger partial charge is 0.246 e. The van der Waals surface area contributed by atoms with Crippen molar-refractivity contribution in [2.24, 2.45) is 0 Å². The van der Waals surface area contributed by atoms with E-state index in [2.05, 4.69) is 52.3 Å². The number of aromatic nitrogens is 3. The van der Waals surface area contributed by atoms with Gasteiger partial charge in [0.15, 0.2) is 5.82 Å². The summed E-state index contributed by atoms with van der Waals surface area (Å²) in [6.07, 6.45) is 6.54. The van der Waals surface area contributed by atoms with Crippen LogP contribution < -0.4 is 5.32 Å². The van der Waals surface area contributed by atoms with E-state index in [1.54, 1.807) is 0 Å². The highest BCUT2D eigenvalue weighted by molar-refractivity contribution is 5.16. The molecule has 0 radical (unpaired) electrons. The molecular formula is C14H22N4O. The van der Waals surface area contributed by atoms with E-state index in [-0.39, 0.29) is 0 Å². The van der Waals surface area contributed by atoms with Gasteiger partial charge in [-0.1, -0.05) is 25.4 Å². The number of hydrogen-bond acceptors (Lipinski definition) is 4. The van der Waals surface area contributed by atoms with Gasteiger partial charge >= 0.3 is 0 Å². The summed E-state index contributed by atoms with van der Waals surface area (Å²) in [5, 5.41) is 7.32. The molecule has 1 atom stereocenters. The molecule has 1 N–H and O–H groups in total. The van der Waals surface area contributed by atoms with Gasteiger partial charge in [0.05, 0.1) is 0 Å². The molecule has 0 amide bonds. The SMILES string of the molecule is CCCC(NCC)c1ccn(Cc2nc(C)no2)c1. The number of aryl methyl sites for hydroxylation is 1. The quantitative estimate of drug-likeness (QED) is 0.833. The van der Waals surface area contributed by atoms with Crippen molar-refractivity contribution < 1.29 is 4.52 Å². The van der Waals surface area contributed by atoms with E-state index in [0.717, 1.165) is 13.0 Å². The summed E-state index contributed by atoms with van der Waals surface area (Å²) in [6.45, 7) is 7.80. The maximum Gasteiger partial charge on any atom is 0.246 e. The number of rotatable bonds is 7. The zero-order valence-corrected chi connectivity index (χ0v) is 11.9. The first kappa shape index (κ1) is 13.8. The minimum Gasteiger partial charge on any atom is -0.345 e. The highest BCUT2D eigenvalue weighted by Gasteiger charge is 2.11. The second-order valence-electron chi connectivity index (χ2n) is 4.75. The average Bonchev–Trinajstić information content (AvgIpc) is 2.99. The molecule has 0 aliphatic carbocycles. The highest BCUT2D eigenvalue weighted by Crippen LogP contribution is 2.19. The lowest BCUT2D eigenvalue weighted by Gasteiger charge is -2.15. The summed E-state index contributed by atoms with van der Waals surface area (Å²) in [5.41, 5.74) is 1.32. The Morgan fingerprint density at radius 2 is 2.26 bits per heavy atom. The van der Waals surface area contributed by atoms with E-state index in [4.69, 9.17) is 4.52 Å². The van der Waals surface area contributed by atoms with Gasteiger partial charge in [-0.05, 0) is 31.5 Å². The summed E-state index contributed by atoms with van der Waals surface area (Å²) in [5.74, 6) is 1.33. The molecule has 2 aromatic rings. The van der Waals surface area contributed by atoms with Crippen LogP contribution in [0.1, 0.15) is 50.0 Å². The van der Waals surface area contributed by atoms with Gasteiger partial charge in [0.1, 0.15) is 6.54 Å². The third-order valence-corrected chi connectivity index (χ3v) is 3.09. The molecule has 0 bridgehead atoms. The molecule has 2 rings (SSSR count). The standard InChI is InChI=1S/C14H22N4O/c1-4-6-13(15-5-2)12-7-8-18(9-12)10-14-16-11(3)17-19-14/h7-9,13,15H,4-6,10H2,1-3H3. The zero-order valence-electron chi connectivity index (χ0n) is 11.9. The van der Waals surface area contributed by atoms with Crippen LogP contribution in [0.5, 0.6) is 0 Å². The lowest BCUT2D eigenvalue weighted by atomic mass is 10.1. The molecule has 2 aromatic heterocycles. The number of nitrogens with zero attached hydrogens (tertiary/aromatic N) is 3. The molecule has 1 unspecified atom stereocenters. The lowest BCUT2D eigenvalue weighted by Crippen LogP contribution is -2.20. The topological polar surface area (TPSA) is 55.9 Å². The van der Waals surface area contributed by atoms with Crippen LogP contribution in [0, 0.1) is 6.92 Å². The largest absolute Gasteiger partial charge is 0.345 e. The predicted octanol–water partition coefficient (Wildman–Crippen LogP) is 2.68. The van der Waals surface area contributed by atoms with Crippen LogP contribution in [0.3, 0.4) is 0 Å². The van der Waals surface area contributed by atoms with Gasteiger partial charge in [0, 0.05) is 18.4 Å². The summed E-state index contributed by atoms with van der Waals surface area (Å²) in [6, 6.07) is 2.59. The molecule has 5 heteroatoms. The van der Waals surface area contributed by atoms with E-state index in [9.17, 15) is 0 Å². The Bertz CT molecular complexity index is 497. The molecule has 0 spiro atoms. The summed E-state index contributed by atoms with van der Waals surface area (Å²) < 4.78 is 7.22. The van der Waals surface area contributed by atoms with E-state index in [1.165, 1.54) is 12.0 Å². The molecule has 0 aliphatic heterocycles. The van der Waals surface area contributed by atoms with Crippen molar-refractivity contribution in [2.75, 3.05) is 6.54 Å².